The first-order valence-electron chi connectivity index (χ1n) is 5.90. The third kappa shape index (κ3) is 3.49. The van der Waals surface area contributed by atoms with Crippen LogP contribution in [0.15, 0.2) is 0 Å². The molecule has 1 fully saturated rings. The second-order valence-electron chi connectivity index (χ2n) is 4.45. The highest BCUT2D eigenvalue weighted by atomic mass is 35.5. The lowest BCUT2D eigenvalue weighted by Gasteiger charge is -2.27. The van der Waals surface area contributed by atoms with Crippen LogP contribution in [0.25, 0.3) is 0 Å². The van der Waals surface area contributed by atoms with Crippen molar-refractivity contribution in [3.05, 3.63) is 16.0 Å². The Balaban J connectivity index is 2.33. The van der Waals surface area contributed by atoms with Crippen molar-refractivity contribution in [1.29, 1.82) is 0 Å². The number of aromatic nitrogens is 2. The fourth-order valence-corrected chi connectivity index (χ4v) is 1.89. The molecule has 0 aliphatic carbocycles. The molecule has 0 radical (unpaired) electrons. The van der Waals surface area contributed by atoms with E-state index in [9.17, 15) is 4.79 Å². The van der Waals surface area contributed by atoms with Gasteiger partial charge in [-0.25, -0.2) is 14.8 Å². The lowest BCUT2D eigenvalue weighted by molar-refractivity contribution is 0.0687. The molecular formula is C11H13Cl2N3O4. The topological polar surface area (TPSA) is 88.1 Å². The summed E-state index contributed by atoms with van der Waals surface area (Å²) in [6, 6.07) is -0.126. The minimum atomic E-state index is -1.28. The number of carbonyl (C=O) groups is 1. The first-order valence-corrected chi connectivity index (χ1v) is 6.65. The minimum Gasteiger partial charge on any atom is -0.476 e. The number of aromatic carboxylic acids is 1. The van der Waals surface area contributed by atoms with Crippen LogP contribution in [0.3, 0.4) is 0 Å². The summed E-state index contributed by atoms with van der Waals surface area (Å²) >= 11 is 11.8. The number of hydrogen-bond acceptors (Lipinski definition) is 6. The molecule has 0 saturated carbocycles. The van der Waals surface area contributed by atoms with Crippen LogP contribution in [-0.4, -0.2) is 46.4 Å². The van der Waals surface area contributed by atoms with E-state index in [1.54, 1.807) is 0 Å². The van der Waals surface area contributed by atoms with Crippen molar-refractivity contribution in [2.24, 2.45) is 0 Å². The Kier molecular flexibility index (Phi) is 4.64. The molecule has 1 aromatic rings. The van der Waals surface area contributed by atoms with Crippen molar-refractivity contribution in [1.82, 2.24) is 9.97 Å². The van der Waals surface area contributed by atoms with Crippen LogP contribution in [0, 0.1) is 0 Å². The van der Waals surface area contributed by atoms with Crippen LogP contribution < -0.4 is 5.06 Å². The zero-order chi connectivity index (χ0) is 14.9. The van der Waals surface area contributed by atoms with Crippen LogP contribution in [-0.2, 0) is 9.57 Å². The number of epoxide rings is 1. The van der Waals surface area contributed by atoms with Crippen molar-refractivity contribution in [2.45, 2.75) is 26.0 Å². The second-order valence-corrected chi connectivity index (χ2v) is 5.17. The molecule has 9 heteroatoms. The number of nitrogens with zero attached hydrogens (tertiary/aromatic N) is 3. The SMILES string of the molecule is CC(C)N(OC[C@H]1CO1)c1nc(Cl)nc(C(=O)O)c1Cl. The fraction of sp³-hybridized carbons (Fsp3) is 0.545. The van der Waals surface area contributed by atoms with Crippen LogP contribution in [0.5, 0.6) is 0 Å². The van der Waals surface area contributed by atoms with Crippen molar-refractivity contribution < 1.29 is 19.5 Å². The summed E-state index contributed by atoms with van der Waals surface area (Å²) in [6.45, 7) is 4.67. The number of anilines is 1. The molecule has 2 heterocycles. The number of carboxylic acids is 1. The molecule has 0 amide bonds. The maximum Gasteiger partial charge on any atom is 0.356 e. The smallest absolute Gasteiger partial charge is 0.356 e. The lowest BCUT2D eigenvalue weighted by Crippen LogP contribution is -2.34. The van der Waals surface area contributed by atoms with E-state index in [0.717, 1.165) is 0 Å². The van der Waals surface area contributed by atoms with Crippen molar-refractivity contribution in [3.8, 4) is 0 Å². The van der Waals surface area contributed by atoms with Crippen LogP contribution in [0.1, 0.15) is 24.3 Å². The van der Waals surface area contributed by atoms with E-state index >= 15 is 0 Å². The van der Waals surface area contributed by atoms with Gasteiger partial charge in [-0.15, -0.1) is 0 Å². The molecule has 1 atom stereocenters. The van der Waals surface area contributed by atoms with E-state index in [4.69, 9.17) is 37.9 Å². The summed E-state index contributed by atoms with van der Waals surface area (Å²) in [4.78, 5) is 24.2. The number of carboxylic acid groups (broad SMARTS) is 1. The van der Waals surface area contributed by atoms with Gasteiger partial charge in [0.15, 0.2) is 11.5 Å². The Labute approximate surface area is 125 Å². The highest BCUT2D eigenvalue weighted by molar-refractivity contribution is 6.36. The molecule has 20 heavy (non-hydrogen) atoms. The predicted molar refractivity (Wildman–Crippen MR) is 72.3 cm³/mol. The third-order valence-corrected chi connectivity index (χ3v) is 3.01. The van der Waals surface area contributed by atoms with Crippen molar-refractivity contribution >= 4 is 35.0 Å². The maximum absolute atomic E-state index is 11.1. The molecule has 2 rings (SSSR count). The molecule has 1 N–H and O–H groups in total. The summed E-state index contributed by atoms with van der Waals surface area (Å²) in [5, 5.41) is 10.1. The zero-order valence-electron chi connectivity index (χ0n) is 10.8. The van der Waals surface area contributed by atoms with Gasteiger partial charge in [0.05, 0.1) is 12.6 Å². The predicted octanol–water partition coefficient (Wildman–Crippen LogP) is 2.03. The number of ether oxygens (including phenoxy) is 1. The molecule has 0 aromatic carbocycles. The summed E-state index contributed by atoms with van der Waals surface area (Å²) in [5.74, 6) is -1.16. The largest absolute Gasteiger partial charge is 0.476 e. The molecule has 110 valence electrons. The van der Waals surface area contributed by atoms with Crippen LogP contribution in [0.4, 0.5) is 5.82 Å². The van der Waals surface area contributed by atoms with Crippen LogP contribution >= 0.6 is 23.2 Å². The average molecular weight is 322 g/mol. The standard InChI is InChI=1S/C11H13Cl2N3O4/c1-5(2)16(20-4-6-3-19-6)9-7(12)8(10(17)18)14-11(13)15-9/h5-6H,3-4H2,1-2H3,(H,17,18)/t6-/m1/s1. The fourth-order valence-electron chi connectivity index (χ4n) is 1.48. The first kappa shape index (κ1) is 15.2. The summed E-state index contributed by atoms with van der Waals surface area (Å²) in [6.07, 6.45) is 0.0475. The first-order chi connectivity index (χ1) is 9.40. The molecule has 7 nitrogen and oxygen atoms in total. The van der Waals surface area contributed by atoms with E-state index in [2.05, 4.69) is 9.97 Å². The van der Waals surface area contributed by atoms with E-state index in [-0.39, 0.29) is 34.0 Å². The molecular weight excluding hydrogens is 309 g/mol. The van der Waals surface area contributed by atoms with Gasteiger partial charge in [-0.3, -0.25) is 4.84 Å². The van der Waals surface area contributed by atoms with Gasteiger partial charge in [0, 0.05) is 0 Å². The van der Waals surface area contributed by atoms with Gasteiger partial charge in [-0.2, -0.15) is 4.98 Å². The molecule has 1 aromatic heterocycles. The van der Waals surface area contributed by atoms with Gasteiger partial charge < -0.3 is 9.84 Å². The van der Waals surface area contributed by atoms with Crippen LogP contribution in [0.2, 0.25) is 10.3 Å². The average Bonchev–Trinajstić information content (AvgIpc) is 3.16. The molecule has 1 aliphatic rings. The zero-order valence-corrected chi connectivity index (χ0v) is 12.4. The Morgan fingerprint density at radius 3 is 2.70 bits per heavy atom. The number of halogens is 2. The molecule has 1 saturated heterocycles. The number of hydroxylamine groups is 1. The lowest BCUT2D eigenvalue weighted by atomic mass is 10.3. The van der Waals surface area contributed by atoms with Crippen molar-refractivity contribution in [3.63, 3.8) is 0 Å². The van der Waals surface area contributed by atoms with E-state index in [0.29, 0.717) is 13.2 Å². The highest BCUT2D eigenvalue weighted by Crippen LogP contribution is 2.30. The quantitative estimate of drug-likeness (QED) is 0.487. The minimum absolute atomic E-state index is 0.0475. The van der Waals surface area contributed by atoms with Crippen molar-refractivity contribution in [2.75, 3.05) is 18.3 Å². The van der Waals surface area contributed by atoms with Gasteiger partial charge >= 0.3 is 5.97 Å². The summed E-state index contributed by atoms with van der Waals surface area (Å²) in [7, 11) is 0. The molecule has 0 spiro atoms. The normalized spacial score (nSPS) is 17.4. The van der Waals surface area contributed by atoms with Gasteiger partial charge in [0.1, 0.15) is 17.7 Å². The Hall–Kier alpha value is -1.15. The molecule has 0 bridgehead atoms. The molecule has 1 aliphatic heterocycles. The Bertz CT molecular complexity index is 523. The monoisotopic (exact) mass is 321 g/mol. The Morgan fingerprint density at radius 2 is 2.20 bits per heavy atom. The Morgan fingerprint density at radius 1 is 1.55 bits per heavy atom. The highest BCUT2D eigenvalue weighted by Gasteiger charge is 2.28. The van der Waals surface area contributed by atoms with Gasteiger partial charge in [-0.05, 0) is 25.4 Å². The summed E-state index contributed by atoms with van der Waals surface area (Å²) in [5.41, 5.74) is -0.362. The summed E-state index contributed by atoms with van der Waals surface area (Å²) < 4.78 is 5.05. The van der Waals surface area contributed by atoms with Gasteiger partial charge in [0.25, 0.3) is 0 Å². The molecule has 0 unspecified atom stereocenters. The third-order valence-electron chi connectivity index (χ3n) is 2.49. The van der Waals surface area contributed by atoms with E-state index in [1.165, 1.54) is 5.06 Å². The maximum atomic E-state index is 11.1. The van der Waals surface area contributed by atoms with E-state index in [1.807, 2.05) is 13.8 Å². The number of rotatable bonds is 6. The number of hydrogen-bond donors (Lipinski definition) is 1. The van der Waals surface area contributed by atoms with E-state index < -0.39 is 5.97 Å². The van der Waals surface area contributed by atoms with Gasteiger partial charge in [-0.1, -0.05) is 11.6 Å². The second kappa shape index (κ2) is 6.09. The van der Waals surface area contributed by atoms with Gasteiger partial charge in [0.2, 0.25) is 5.28 Å².